The lowest BCUT2D eigenvalue weighted by Gasteiger charge is -2.21. The van der Waals surface area contributed by atoms with Crippen LogP contribution >= 0.6 is 0 Å². The van der Waals surface area contributed by atoms with E-state index in [2.05, 4.69) is 6.58 Å². The van der Waals surface area contributed by atoms with Gasteiger partial charge in [0.1, 0.15) is 0 Å². The number of carboxylic acids is 1. The highest BCUT2D eigenvalue weighted by Gasteiger charge is 2.25. The molecule has 0 aromatic heterocycles. The molecule has 1 rings (SSSR count). The Balaban J connectivity index is 2.85. The molecule has 0 saturated heterocycles. The maximum atomic E-state index is 11.6. The molecule has 0 aliphatic heterocycles. The minimum Gasteiger partial charge on any atom is -0.478 e. The van der Waals surface area contributed by atoms with E-state index in [-0.39, 0.29) is 11.3 Å². The first-order chi connectivity index (χ1) is 7.86. The number of carboxylic acid groups (broad SMARTS) is 1. The summed E-state index contributed by atoms with van der Waals surface area (Å²) in [6.07, 6.45) is 1.89. The number of hydrogen-bond acceptors (Lipinski definition) is 2. The normalized spacial score (nSPS) is 10.9. The molecule has 0 unspecified atom stereocenters. The summed E-state index contributed by atoms with van der Waals surface area (Å²) in [5.74, 6) is -0.960. The lowest BCUT2D eigenvalue weighted by molar-refractivity contribution is -0.122. The van der Waals surface area contributed by atoms with Crippen LogP contribution < -0.4 is 0 Å². The number of rotatable bonds is 5. The lowest BCUT2D eigenvalue weighted by atomic mass is 9.81. The molecular formula is C14H16O3. The van der Waals surface area contributed by atoms with Crippen molar-refractivity contribution in [3.63, 3.8) is 0 Å². The Kier molecular flexibility index (Phi) is 3.84. The fraction of sp³-hybridized carbons (Fsp3) is 0.286. The van der Waals surface area contributed by atoms with Gasteiger partial charge in [-0.3, -0.25) is 4.79 Å². The molecular weight excluding hydrogens is 216 g/mol. The molecule has 1 N–H and O–H groups in total. The molecule has 0 radical (unpaired) electrons. The van der Waals surface area contributed by atoms with Gasteiger partial charge in [-0.25, -0.2) is 4.79 Å². The van der Waals surface area contributed by atoms with E-state index in [4.69, 9.17) is 5.11 Å². The fourth-order valence-electron chi connectivity index (χ4n) is 1.64. The summed E-state index contributed by atoms with van der Waals surface area (Å²) >= 11 is 0. The smallest absolute Gasteiger partial charge is 0.335 e. The van der Waals surface area contributed by atoms with Gasteiger partial charge in [0, 0.05) is 5.41 Å². The zero-order valence-corrected chi connectivity index (χ0v) is 10.1. The predicted octanol–water partition coefficient (Wildman–Crippen LogP) is 2.71. The second-order valence-corrected chi connectivity index (χ2v) is 4.63. The van der Waals surface area contributed by atoms with Crippen molar-refractivity contribution in [2.75, 3.05) is 0 Å². The molecule has 0 fully saturated rings. The highest BCUT2D eigenvalue weighted by atomic mass is 16.4. The summed E-state index contributed by atoms with van der Waals surface area (Å²) in [5, 5.41) is 8.77. The van der Waals surface area contributed by atoms with Crippen molar-refractivity contribution in [1.29, 1.82) is 0 Å². The van der Waals surface area contributed by atoms with Gasteiger partial charge in [-0.1, -0.05) is 32.6 Å². The van der Waals surface area contributed by atoms with E-state index in [0.717, 1.165) is 5.56 Å². The van der Waals surface area contributed by atoms with Gasteiger partial charge in [0.2, 0.25) is 0 Å². The van der Waals surface area contributed by atoms with Crippen LogP contribution in [0.3, 0.4) is 0 Å². The van der Waals surface area contributed by atoms with E-state index in [0.29, 0.717) is 6.42 Å². The summed E-state index contributed by atoms with van der Waals surface area (Å²) in [6, 6.07) is 6.57. The molecule has 1 aromatic rings. The summed E-state index contributed by atoms with van der Waals surface area (Å²) in [7, 11) is 0. The topological polar surface area (TPSA) is 54.4 Å². The second kappa shape index (κ2) is 4.95. The Labute approximate surface area is 101 Å². The van der Waals surface area contributed by atoms with Crippen LogP contribution in [-0.4, -0.2) is 16.9 Å². The van der Waals surface area contributed by atoms with Crippen LogP contribution in [0.5, 0.6) is 0 Å². The average Bonchev–Trinajstić information content (AvgIpc) is 2.28. The summed E-state index contributed by atoms with van der Waals surface area (Å²) in [5.41, 5.74) is 0.684. The SMILES string of the molecule is C=CC(=O)C(C)(C)Cc1ccc(C(=O)O)cc1. The predicted molar refractivity (Wildman–Crippen MR) is 66.1 cm³/mol. The van der Waals surface area contributed by atoms with Gasteiger partial charge in [0.15, 0.2) is 5.78 Å². The van der Waals surface area contributed by atoms with E-state index in [1.807, 2.05) is 13.8 Å². The van der Waals surface area contributed by atoms with Gasteiger partial charge in [0.25, 0.3) is 0 Å². The van der Waals surface area contributed by atoms with Crippen LogP contribution in [-0.2, 0) is 11.2 Å². The molecule has 0 aliphatic carbocycles. The number of ketones is 1. The quantitative estimate of drug-likeness (QED) is 0.794. The van der Waals surface area contributed by atoms with Crippen molar-refractivity contribution in [2.45, 2.75) is 20.3 Å². The van der Waals surface area contributed by atoms with Crippen molar-refractivity contribution < 1.29 is 14.7 Å². The Morgan fingerprint density at radius 1 is 1.29 bits per heavy atom. The number of allylic oxidation sites excluding steroid dienone is 1. The fourth-order valence-corrected chi connectivity index (χ4v) is 1.64. The first-order valence-electron chi connectivity index (χ1n) is 5.36. The Hall–Kier alpha value is -1.90. The van der Waals surface area contributed by atoms with Crippen LogP contribution in [0.25, 0.3) is 0 Å². The van der Waals surface area contributed by atoms with Gasteiger partial charge >= 0.3 is 5.97 Å². The molecule has 3 heteroatoms. The molecule has 1 aromatic carbocycles. The van der Waals surface area contributed by atoms with Gasteiger partial charge in [-0.05, 0) is 30.2 Å². The largest absolute Gasteiger partial charge is 0.478 e. The van der Waals surface area contributed by atoms with Crippen molar-refractivity contribution in [3.8, 4) is 0 Å². The molecule has 0 heterocycles. The van der Waals surface area contributed by atoms with E-state index < -0.39 is 11.4 Å². The summed E-state index contributed by atoms with van der Waals surface area (Å²) < 4.78 is 0. The second-order valence-electron chi connectivity index (χ2n) is 4.63. The van der Waals surface area contributed by atoms with Gasteiger partial charge in [-0.15, -0.1) is 0 Å². The highest BCUT2D eigenvalue weighted by molar-refractivity contribution is 5.94. The highest BCUT2D eigenvalue weighted by Crippen LogP contribution is 2.23. The van der Waals surface area contributed by atoms with Crippen molar-refractivity contribution in [3.05, 3.63) is 48.0 Å². The monoisotopic (exact) mass is 232 g/mol. The molecule has 0 atom stereocenters. The Bertz CT molecular complexity index is 441. The molecule has 0 spiro atoms. The maximum Gasteiger partial charge on any atom is 0.335 e. The Morgan fingerprint density at radius 2 is 1.82 bits per heavy atom. The number of aromatic carboxylic acids is 1. The third kappa shape index (κ3) is 3.28. The zero-order chi connectivity index (χ0) is 13.1. The Morgan fingerprint density at radius 3 is 2.24 bits per heavy atom. The van der Waals surface area contributed by atoms with E-state index in [1.165, 1.54) is 6.08 Å². The number of benzene rings is 1. The number of hydrogen-bond donors (Lipinski definition) is 1. The van der Waals surface area contributed by atoms with Gasteiger partial charge in [0.05, 0.1) is 5.56 Å². The molecule has 0 aliphatic rings. The van der Waals surface area contributed by atoms with Gasteiger partial charge < -0.3 is 5.11 Å². The van der Waals surface area contributed by atoms with E-state index in [9.17, 15) is 9.59 Å². The molecule has 17 heavy (non-hydrogen) atoms. The zero-order valence-electron chi connectivity index (χ0n) is 10.1. The maximum absolute atomic E-state index is 11.6. The number of carbonyl (C=O) groups is 2. The van der Waals surface area contributed by atoms with E-state index >= 15 is 0 Å². The first kappa shape index (κ1) is 13.2. The minimum absolute atomic E-state index is 0.0141. The third-order valence-electron chi connectivity index (χ3n) is 2.70. The van der Waals surface area contributed by atoms with Crippen LogP contribution in [0.15, 0.2) is 36.9 Å². The molecule has 90 valence electrons. The third-order valence-corrected chi connectivity index (χ3v) is 2.70. The summed E-state index contributed by atoms with van der Waals surface area (Å²) in [6.45, 7) is 7.18. The molecule has 0 saturated carbocycles. The molecule has 3 nitrogen and oxygen atoms in total. The van der Waals surface area contributed by atoms with Crippen molar-refractivity contribution >= 4 is 11.8 Å². The standard InChI is InChI=1S/C14H16O3/c1-4-12(15)14(2,3)9-10-5-7-11(8-6-10)13(16)17/h4-8H,1,9H2,2-3H3,(H,16,17). The van der Waals surface area contributed by atoms with Gasteiger partial charge in [-0.2, -0.15) is 0 Å². The molecule has 0 bridgehead atoms. The lowest BCUT2D eigenvalue weighted by Crippen LogP contribution is -2.24. The van der Waals surface area contributed by atoms with Crippen molar-refractivity contribution in [2.24, 2.45) is 5.41 Å². The van der Waals surface area contributed by atoms with Crippen LogP contribution in [0.4, 0.5) is 0 Å². The van der Waals surface area contributed by atoms with Crippen molar-refractivity contribution in [1.82, 2.24) is 0 Å². The summed E-state index contributed by atoms with van der Waals surface area (Å²) in [4.78, 5) is 22.3. The number of carbonyl (C=O) groups excluding carboxylic acids is 1. The minimum atomic E-state index is -0.946. The van der Waals surface area contributed by atoms with Crippen LogP contribution in [0.1, 0.15) is 29.8 Å². The first-order valence-corrected chi connectivity index (χ1v) is 5.36. The van der Waals surface area contributed by atoms with Crippen LogP contribution in [0, 0.1) is 5.41 Å². The molecule has 0 amide bonds. The van der Waals surface area contributed by atoms with Crippen LogP contribution in [0.2, 0.25) is 0 Å². The van der Waals surface area contributed by atoms with E-state index in [1.54, 1.807) is 24.3 Å². The average molecular weight is 232 g/mol.